The fraction of sp³-hybridized carbons (Fsp3) is 0.222. The minimum atomic E-state index is -1.49. The Hall–Kier alpha value is -3.56. The minimum absolute atomic E-state index is 0.0157. The molecule has 8 nitrogen and oxygen atoms in total. The summed E-state index contributed by atoms with van der Waals surface area (Å²) in [6.07, 6.45) is 3.28. The van der Waals surface area contributed by atoms with Crippen molar-refractivity contribution in [3.63, 3.8) is 0 Å². The number of carbonyl (C=O) groups excluding carboxylic acids is 1. The summed E-state index contributed by atoms with van der Waals surface area (Å²) in [4.78, 5) is 40.7. The Labute approximate surface area is 157 Å². The monoisotopic (exact) mass is 390 g/mol. The predicted molar refractivity (Wildman–Crippen MR) is 95.9 cm³/mol. The second-order valence-corrected chi connectivity index (χ2v) is 6.25. The molecule has 0 atom stereocenters. The van der Waals surface area contributed by atoms with Gasteiger partial charge in [-0.15, -0.1) is 0 Å². The molecule has 0 saturated heterocycles. The Balaban J connectivity index is 2.32. The number of carbonyl (C=O) groups is 2. The SMILES string of the molecule is CCn1cc(C(=O)O)c(=O)c2cc(F)c(-n3cnc(C(=O)N(C)C)c3)c(F)c21. The van der Waals surface area contributed by atoms with Crippen LogP contribution < -0.4 is 5.43 Å². The lowest BCUT2D eigenvalue weighted by Crippen LogP contribution is -2.22. The molecule has 0 aliphatic carbocycles. The van der Waals surface area contributed by atoms with Crippen molar-refractivity contribution < 1.29 is 23.5 Å². The molecule has 0 fully saturated rings. The van der Waals surface area contributed by atoms with Gasteiger partial charge in [-0.2, -0.15) is 0 Å². The molecule has 2 heterocycles. The van der Waals surface area contributed by atoms with E-state index in [0.29, 0.717) is 0 Å². The molecule has 0 aliphatic rings. The highest BCUT2D eigenvalue weighted by Gasteiger charge is 2.23. The number of pyridine rings is 1. The third-order valence-electron chi connectivity index (χ3n) is 4.27. The summed E-state index contributed by atoms with van der Waals surface area (Å²) in [6, 6.07) is 0.794. The van der Waals surface area contributed by atoms with Gasteiger partial charge in [0.25, 0.3) is 5.91 Å². The fourth-order valence-electron chi connectivity index (χ4n) is 2.90. The van der Waals surface area contributed by atoms with E-state index >= 15 is 4.39 Å². The van der Waals surface area contributed by atoms with E-state index in [0.717, 1.165) is 23.2 Å². The van der Waals surface area contributed by atoms with Crippen LogP contribution in [0.25, 0.3) is 16.6 Å². The summed E-state index contributed by atoms with van der Waals surface area (Å²) in [5, 5.41) is 8.78. The zero-order valence-corrected chi connectivity index (χ0v) is 15.2. The Morgan fingerprint density at radius 3 is 2.50 bits per heavy atom. The molecule has 0 unspecified atom stereocenters. The summed E-state index contributed by atoms with van der Waals surface area (Å²) in [7, 11) is 3.02. The van der Waals surface area contributed by atoms with Gasteiger partial charge in [0, 0.05) is 33.0 Å². The van der Waals surface area contributed by atoms with Crippen LogP contribution in [0.1, 0.15) is 27.8 Å². The number of carboxylic acid groups (broad SMARTS) is 1. The van der Waals surface area contributed by atoms with Gasteiger partial charge in [-0.1, -0.05) is 0 Å². The lowest BCUT2D eigenvalue weighted by molar-refractivity contribution is 0.0694. The number of rotatable bonds is 4. The number of imidazole rings is 1. The van der Waals surface area contributed by atoms with Crippen molar-refractivity contribution in [2.45, 2.75) is 13.5 Å². The van der Waals surface area contributed by atoms with Crippen LogP contribution in [0, 0.1) is 11.6 Å². The third kappa shape index (κ3) is 2.92. The molecule has 0 saturated carbocycles. The van der Waals surface area contributed by atoms with E-state index in [1.165, 1.54) is 29.8 Å². The first-order chi connectivity index (χ1) is 13.2. The highest BCUT2D eigenvalue weighted by atomic mass is 19.1. The second kappa shape index (κ2) is 6.87. The average molecular weight is 390 g/mol. The standard InChI is InChI=1S/C18H16F2N4O4/c1-4-23-6-10(18(27)28)16(25)9-5-11(19)15(13(20)14(9)23)24-7-12(21-8-24)17(26)22(2)3/h5-8H,4H2,1-3H3,(H,27,28). The van der Waals surface area contributed by atoms with Gasteiger partial charge in [0.05, 0.1) is 10.9 Å². The summed E-state index contributed by atoms with van der Waals surface area (Å²) >= 11 is 0. The molecular weight excluding hydrogens is 374 g/mol. The number of aryl methyl sites for hydroxylation is 1. The first kappa shape index (κ1) is 19.2. The fourth-order valence-corrected chi connectivity index (χ4v) is 2.90. The van der Waals surface area contributed by atoms with Crippen LogP contribution in [-0.4, -0.2) is 50.1 Å². The van der Waals surface area contributed by atoms with Crippen molar-refractivity contribution in [3.05, 3.63) is 57.9 Å². The molecule has 0 aliphatic heterocycles. The van der Waals surface area contributed by atoms with Gasteiger partial charge in [0.15, 0.2) is 11.6 Å². The molecular formula is C18H16F2N4O4. The summed E-state index contributed by atoms with van der Waals surface area (Å²) < 4.78 is 32.2. The summed E-state index contributed by atoms with van der Waals surface area (Å²) in [5.74, 6) is -4.09. The largest absolute Gasteiger partial charge is 0.477 e. The maximum Gasteiger partial charge on any atom is 0.341 e. The molecule has 28 heavy (non-hydrogen) atoms. The van der Waals surface area contributed by atoms with Crippen LogP contribution in [0.15, 0.2) is 29.6 Å². The van der Waals surface area contributed by atoms with Gasteiger partial charge in [-0.3, -0.25) is 9.59 Å². The van der Waals surface area contributed by atoms with Crippen LogP contribution >= 0.6 is 0 Å². The first-order valence-corrected chi connectivity index (χ1v) is 8.21. The number of hydrogen-bond acceptors (Lipinski definition) is 4. The highest BCUT2D eigenvalue weighted by molar-refractivity contribution is 5.94. The molecule has 3 aromatic rings. The number of benzene rings is 1. The summed E-state index contributed by atoms with van der Waals surface area (Å²) in [5.41, 5.74) is -2.34. The van der Waals surface area contributed by atoms with Crippen LogP contribution in [0.2, 0.25) is 0 Å². The average Bonchev–Trinajstić information content (AvgIpc) is 3.11. The maximum absolute atomic E-state index is 15.3. The van der Waals surface area contributed by atoms with Crippen LogP contribution in [0.3, 0.4) is 0 Å². The Bertz CT molecular complexity index is 1180. The highest BCUT2D eigenvalue weighted by Crippen LogP contribution is 2.26. The van der Waals surface area contributed by atoms with E-state index in [9.17, 15) is 18.8 Å². The van der Waals surface area contributed by atoms with E-state index in [1.807, 2.05) is 0 Å². The second-order valence-electron chi connectivity index (χ2n) is 6.25. The molecule has 0 radical (unpaired) electrons. The zero-order chi connectivity index (χ0) is 20.7. The zero-order valence-electron chi connectivity index (χ0n) is 15.2. The van der Waals surface area contributed by atoms with Crippen molar-refractivity contribution in [2.75, 3.05) is 14.1 Å². The lowest BCUT2D eigenvalue weighted by atomic mass is 10.1. The van der Waals surface area contributed by atoms with Gasteiger partial charge in [0.1, 0.15) is 23.3 Å². The first-order valence-electron chi connectivity index (χ1n) is 8.21. The molecule has 1 aromatic carbocycles. The molecule has 10 heteroatoms. The third-order valence-corrected chi connectivity index (χ3v) is 4.27. The van der Waals surface area contributed by atoms with Crippen molar-refractivity contribution in [1.29, 1.82) is 0 Å². The van der Waals surface area contributed by atoms with E-state index in [2.05, 4.69) is 4.98 Å². The van der Waals surface area contributed by atoms with Gasteiger partial charge in [0.2, 0.25) is 5.43 Å². The number of halogens is 2. The van der Waals surface area contributed by atoms with Gasteiger partial charge in [-0.05, 0) is 13.0 Å². The molecule has 0 bridgehead atoms. The molecule has 1 N–H and O–H groups in total. The number of aromatic nitrogens is 3. The van der Waals surface area contributed by atoms with E-state index < -0.39 is 40.2 Å². The Morgan fingerprint density at radius 1 is 1.25 bits per heavy atom. The molecule has 3 rings (SSSR count). The smallest absolute Gasteiger partial charge is 0.341 e. The van der Waals surface area contributed by atoms with Crippen LogP contribution in [-0.2, 0) is 6.54 Å². The van der Waals surface area contributed by atoms with Crippen molar-refractivity contribution in [1.82, 2.24) is 19.0 Å². The molecule has 146 valence electrons. The quantitative estimate of drug-likeness (QED) is 0.734. The number of carboxylic acids is 1. The Kier molecular flexibility index (Phi) is 4.72. The Morgan fingerprint density at radius 2 is 1.93 bits per heavy atom. The molecule has 0 spiro atoms. The van der Waals surface area contributed by atoms with Gasteiger partial charge in [-0.25, -0.2) is 18.6 Å². The number of fused-ring (bicyclic) bond motifs is 1. The minimum Gasteiger partial charge on any atom is -0.477 e. The number of hydrogen-bond donors (Lipinski definition) is 1. The van der Waals surface area contributed by atoms with Crippen molar-refractivity contribution >= 4 is 22.8 Å². The topological polar surface area (TPSA) is 97.4 Å². The maximum atomic E-state index is 15.3. The van der Waals surface area contributed by atoms with E-state index in [-0.39, 0.29) is 23.1 Å². The molecule has 2 aromatic heterocycles. The predicted octanol–water partition coefficient (Wildman–Crippen LogP) is 1.89. The van der Waals surface area contributed by atoms with Crippen LogP contribution in [0.5, 0.6) is 0 Å². The number of aromatic carboxylic acids is 1. The van der Waals surface area contributed by atoms with Gasteiger partial charge < -0.3 is 19.1 Å². The van der Waals surface area contributed by atoms with Crippen molar-refractivity contribution in [3.8, 4) is 5.69 Å². The lowest BCUT2D eigenvalue weighted by Gasteiger charge is -2.14. The van der Waals surface area contributed by atoms with E-state index in [1.54, 1.807) is 6.92 Å². The van der Waals surface area contributed by atoms with E-state index in [4.69, 9.17) is 5.11 Å². The summed E-state index contributed by atoms with van der Waals surface area (Å²) in [6.45, 7) is 1.77. The number of amides is 1. The van der Waals surface area contributed by atoms with Crippen LogP contribution in [0.4, 0.5) is 8.78 Å². The van der Waals surface area contributed by atoms with Gasteiger partial charge >= 0.3 is 5.97 Å². The van der Waals surface area contributed by atoms with Crippen molar-refractivity contribution in [2.24, 2.45) is 0 Å². The molecule has 1 amide bonds. The normalized spacial score (nSPS) is 11.0. The number of nitrogens with zero attached hydrogens (tertiary/aromatic N) is 4.